The molecule has 3 saturated heterocycles. The highest BCUT2D eigenvalue weighted by Gasteiger charge is 2.65. The van der Waals surface area contributed by atoms with E-state index in [1.807, 2.05) is 11.8 Å². The molecular formula is C40H49F3N6O14S. The van der Waals surface area contributed by atoms with E-state index in [9.17, 15) is 53.1 Å². The van der Waals surface area contributed by atoms with Crippen LogP contribution in [-0.2, 0) is 45.6 Å². The summed E-state index contributed by atoms with van der Waals surface area (Å²) in [7, 11) is 0. The predicted octanol–water partition coefficient (Wildman–Crippen LogP) is 2.28. The van der Waals surface area contributed by atoms with Crippen LogP contribution in [0.25, 0.3) is 6.08 Å². The third-order valence-corrected chi connectivity index (χ3v) is 11.9. The van der Waals surface area contributed by atoms with Crippen molar-refractivity contribution in [1.29, 1.82) is 0 Å². The fraction of sp³-hybridized carbons (Fsp3) is 0.550. The smallest absolute Gasteiger partial charge is 0.442 e. The number of halogens is 3. The highest BCUT2D eigenvalue weighted by molar-refractivity contribution is 8.00. The molecule has 0 aromatic heterocycles. The number of aliphatic carboxylic acids is 1. The molecule has 8 atom stereocenters. The van der Waals surface area contributed by atoms with E-state index < -0.39 is 54.3 Å². The number of carbonyl (C=O) groups is 3. The van der Waals surface area contributed by atoms with Crippen LogP contribution in [-0.4, -0.2) is 149 Å². The van der Waals surface area contributed by atoms with E-state index in [1.54, 1.807) is 0 Å². The summed E-state index contributed by atoms with van der Waals surface area (Å²) in [6.07, 6.45) is -8.76. The number of aromatic hydroxyl groups is 1. The van der Waals surface area contributed by atoms with Crippen molar-refractivity contribution in [2.24, 2.45) is 15.4 Å². The Morgan fingerprint density at radius 1 is 0.984 bits per heavy atom. The van der Waals surface area contributed by atoms with Gasteiger partial charge in [-0.1, -0.05) is 35.8 Å². The number of hydrogen-bond donors (Lipinski definition) is 8. The average Bonchev–Trinajstić information content (AvgIpc) is 3.90. The first-order chi connectivity index (χ1) is 30.6. The number of ether oxygens (including phenoxy) is 5. The molecule has 3 amide bonds. The highest BCUT2D eigenvalue weighted by Crippen LogP contribution is 2.53. The number of fused-ring (bicyclic) bond motifs is 1. The van der Waals surface area contributed by atoms with Gasteiger partial charge in [-0.15, -0.1) is 10.2 Å². The van der Waals surface area contributed by atoms with Crippen LogP contribution in [0.3, 0.4) is 0 Å². The van der Waals surface area contributed by atoms with Crippen LogP contribution in [0.1, 0.15) is 42.4 Å². The molecule has 3 fully saturated rings. The molecule has 350 valence electrons. The zero-order valence-electron chi connectivity index (χ0n) is 34.1. The first-order valence-electron chi connectivity index (χ1n) is 20.3. The van der Waals surface area contributed by atoms with Crippen LogP contribution in [0, 0.1) is 0 Å². The summed E-state index contributed by atoms with van der Waals surface area (Å²) in [5.74, 6) is -1.55. The number of amides is 3. The van der Waals surface area contributed by atoms with Gasteiger partial charge in [-0.05, 0) is 42.7 Å². The summed E-state index contributed by atoms with van der Waals surface area (Å²) in [4.78, 5) is 41.0. The number of unbranched alkanes of at least 4 members (excludes halogenated alkanes) is 1. The molecule has 0 bridgehead atoms. The molecular weight excluding hydrogens is 878 g/mol. The minimum atomic E-state index is -4.81. The number of oxime groups is 1. The molecule has 64 heavy (non-hydrogen) atoms. The lowest BCUT2D eigenvalue weighted by Crippen LogP contribution is -2.58. The van der Waals surface area contributed by atoms with Crippen molar-refractivity contribution >= 4 is 42.0 Å². The first kappa shape index (κ1) is 48.2. The number of urea groups is 1. The molecule has 4 heterocycles. The third kappa shape index (κ3) is 12.7. The fourth-order valence-electron chi connectivity index (χ4n) is 6.92. The van der Waals surface area contributed by atoms with Gasteiger partial charge in [-0.25, -0.2) is 9.59 Å². The number of hydrogen-bond acceptors (Lipinski definition) is 17. The number of carboxylic acid groups (broad SMARTS) is 1. The van der Waals surface area contributed by atoms with Crippen LogP contribution in [0.5, 0.6) is 11.5 Å². The van der Waals surface area contributed by atoms with E-state index in [1.165, 1.54) is 30.3 Å². The summed E-state index contributed by atoms with van der Waals surface area (Å²) in [5.41, 5.74) is -2.50. The van der Waals surface area contributed by atoms with Crippen LogP contribution in [0.4, 0.5) is 18.0 Å². The van der Waals surface area contributed by atoms with Crippen molar-refractivity contribution in [3.8, 4) is 11.5 Å². The van der Waals surface area contributed by atoms with Crippen LogP contribution < -0.4 is 20.7 Å². The van der Waals surface area contributed by atoms with Crippen molar-refractivity contribution in [3.63, 3.8) is 0 Å². The van der Waals surface area contributed by atoms with Gasteiger partial charge in [0.2, 0.25) is 18.0 Å². The molecule has 4 aliphatic rings. The Hall–Kier alpha value is -5.24. The number of nitrogens with zero attached hydrogens (tertiary/aromatic N) is 3. The molecule has 8 N–H and O–H groups in total. The quantitative estimate of drug-likeness (QED) is 0.0187. The SMILES string of the molecule is O=C(CCCC[C@@H]1SC[C@@H]2NC(=O)N[C@@H]21)NCCOCCOCCOc1cc(C2(C(F)(F)F)N=N2)ccc1CO/N=C\[C@H]1O[C@@H](O/C(=C\c2ccc(O)cc2)C(=O)O)[C@H](O)[C@@H](O)[C@H]1O. The second-order valence-electron chi connectivity index (χ2n) is 15.0. The van der Waals surface area contributed by atoms with Gasteiger partial charge in [0, 0.05) is 35.1 Å². The maximum absolute atomic E-state index is 13.8. The van der Waals surface area contributed by atoms with Gasteiger partial charge < -0.3 is 70.0 Å². The number of alkyl halides is 3. The summed E-state index contributed by atoms with van der Waals surface area (Å²) in [6, 6.07) is 9.16. The Morgan fingerprint density at radius 3 is 2.44 bits per heavy atom. The summed E-state index contributed by atoms with van der Waals surface area (Å²) < 4.78 is 69.1. The van der Waals surface area contributed by atoms with E-state index in [0.29, 0.717) is 23.8 Å². The second kappa shape index (κ2) is 22.1. The van der Waals surface area contributed by atoms with Gasteiger partial charge in [0.05, 0.1) is 44.7 Å². The minimum Gasteiger partial charge on any atom is -0.508 e. The number of nitrogens with one attached hydrogen (secondary N) is 3. The number of carbonyl (C=O) groups excluding carboxylic acids is 2. The number of thioether (sulfide) groups is 1. The van der Waals surface area contributed by atoms with Gasteiger partial charge in [0.1, 0.15) is 49.1 Å². The molecule has 2 aromatic carbocycles. The fourth-order valence-corrected chi connectivity index (χ4v) is 8.47. The van der Waals surface area contributed by atoms with Crippen molar-refractivity contribution in [1.82, 2.24) is 16.0 Å². The molecule has 0 radical (unpaired) electrons. The van der Waals surface area contributed by atoms with Crippen molar-refractivity contribution in [2.45, 2.75) is 92.2 Å². The lowest BCUT2D eigenvalue weighted by molar-refractivity contribution is -0.271. The van der Waals surface area contributed by atoms with Gasteiger partial charge in [0.15, 0.2) is 0 Å². The van der Waals surface area contributed by atoms with Crippen molar-refractivity contribution in [2.75, 3.05) is 45.3 Å². The van der Waals surface area contributed by atoms with Crippen molar-refractivity contribution in [3.05, 3.63) is 64.9 Å². The largest absolute Gasteiger partial charge is 0.508 e. The number of phenols is 1. The lowest BCUT2D eigenvalue weighted by atomic mass is 9.99. The monoisotopic (exact) mass is 926 g/mol. The van der Waals surface area contributed by atoms with Crippen LogP contribution >= 0.6 is 11.8 Å². The molecule has 24 heteroatoms. The summed E-state index contributed by atoms with van der Waals surface area (Å²) in [6.45, 7) is 0.471. The molecule has 0 spiro atoms. The molecule has 0 aliphatic carbocycles. The maximum atomic E-state index is 13.8. The predicted molar refractivity (Wildman–Crippen MR) is 218 cm³/mol. The van der Waals surface area contributed by atoms with Crippen LogP contribution in [0.2, 0.25) is 0 Å². The Labute approximate surface area is 368 Å². The number of rotatable bonds is 24. The third-order valence-electron chi connectivity index (χ3n) is 10.4. The summed E-state index contributed by atoms with van der Waals surface area (Å²) >= 11 is 1.84. The number of aliphatic hydroxyl groups is 3. The average molecular weight is 927 g/mol. The number of carboxylic acids is 1. The normalized spacial score (nSPS) is 26.0. The Balaban J connectivity index is 0.918. The zero-order chi connectivity index (χ0) is 45.9. The van der Waals surface area contributed by atoms with E-state index >= 15 is 0 Å². The van der Waals surface area contributed by atoms with Gasteiger partial charge in [-0.3, -0.25) is 4.79 Å². The maximum Gasteiger partial charge on any atom is 0.442 e. The minimum absolute atomic E-state index is 0.0215. The summed E-state index contributed by atoms with van der Waals surface area (Å²) in [5, 5.41) is 69.8. The Kier molecular flexibility index (Phi) is 16.7. The lowest BCUT2D eigenvalue weighted by Gasteiger charge is -2.38. The van der Waals surface area contributed by atoms with E-state index in [-0.39, 0.29) is 86.3 Å². The number of aliphatic hydroxyl groups excluding tert-OH is 3. The first-order valence-corrected chi connectivity index (χ1v) is 21.3. The van der Waals surface area contributed by atoms with E-state index in [2.05, 4.69) is 31.3 Å². The van der Waals surface area contributed by atoms with E-state index in [0.717, 1.165) is 49.4 Å². The molecule has 20 nitrogen and oxygen atoms in total. The van der Waals surface area contributed by atoms with E-state index in [4.69, 9.17) is 28.5 Å². The number of phenolic OH excluding ortho intramolecular Hbond substituents is 1. The topological polar surface area (TPSA) is 281 Å². The Bertz CT molecular complexity index is 2010. The second-order valence-corrected chi connectivity index (χ2v) is 16.2. The van der Waals surface area contributed by atoms with Crippen molar-refractivity contribution < 1.29 is 81.6 Å². The van der Waals surface area contributed by atoms with Gasteiger partial charge in [-0.2, -0.15) is 24.9 Å². The Morgan fingerprint density at radius 2 is 1.72 bits per heavy atom. The highest BCUT2D eigenvalue weighted by atomic mass is 32.2. The molecule has 4 aliphatic heterocycles. The zero-order valence-corrected chi connectivity index (χ0v) is 34.9. The van der Waals surface area contributed by atoms with Gasteiger partial charge >= 0.3 is 23.8 Å². The standard InChI is InChI=1S/C40H49F3N6O14S/c41-40(42,43)39(48-49-39)24-8-7-23(20-61-45-19-29-33(52)34(53)35(54)37(63-29)62-28(36(55)56)17-22-5-9-25(50)10-6-22)27(18-24)60-16-15-59-14-13-58-12-11-44-31(51)4-2-1-3-30-32-26(21-64-30)46-38(57)47-32/h5-10,17-19,26,29-30,32-35,37,50,52-54H,1-4,11-16,20-21H2,(H,44,51)(H,55,56)(H2,46,47,57)/b28-17-,45-19-/t26-,29+,30-,32-,33-,34-,35+,37+/m0/s1. The molecule has 2 aromatic rings. The molecule has 0 unspecified atom stereocenters. The van der Waals surface area contributed by atoms with Gasteiger partial charge in [0.25, 0.3) is 0 Å². The molecule has 0 saturated carbocycles. The van der Waals surface area contributed by atoms with Crippen LogP contribution in [0.15, 0.2) is 63.6 Å². The number of benzene rings is 2. The molecule has 6 rings (SSSR count).